The third-order valence-electron chi connectivity index (χ3n) is 2.86. The molecule has 5 heteroatoms. The van der Waals surface area contributed by atoms with E-state index in [1.54, 1.807) is 4.90 Å². The molecule has 3 amide bonds. The van der Waals surface area contributed by atoms with Crippen LogP contribution in [0.4, 0.5) is 4.79 Å². The number of rotatable bonds is 1. The van der Waals surface area contributed by atoms with Crippen LogP contribution in [0.3, 0.4) is 0 Å². The van der Waals surface area contributed by atoms with Gasteiger partial charge in [0.1, 0.15) is 6.54 Å². The molecule has 2 rings (SSSR count). The fourth-order valence-electron chi connectivity index (χ4n) is 2.15. The van der Waals surface area contributed by atoms with E-state index in [1.165, 1.54) is 0 Å². The summed E-state index contributed by atoms with van der Waals surface area (Å²) in [5, 5.41) is 2.31. The number of amides is 3. The first kappa shape index (κ1) is 9.45. The predicted molar refractivity (Wildman–Crippen MR) is 50.8 cm³/mol. The molecule has 0 bridgehead atoms. The smallest absolute Gasteiger partial charge is 0.311 e. The molecule has 2 aliphatic heterocycles. The molecular formula is C9H15N3O2. The van der Waals surface area contributed by atoms with E-state index in [0.717, 1.165) is 25.9 Å². The number of carbonyl (C=O) groups is 2. The monoisotopic (exact) mass is 197 g/mol. The summed E-state index contributed by atoms with van der Waals surface area (Å²) in [6.07, 6.45) is 2.10. The van der Waals surface area contributed by atoms with Crippen LogP contribution in [0.5, 0.6) is 0 Å². The van der Waals surface area contributed by atoms with Gasteiger partial charge in [0, 0.05) is 12.6 Å². The molecule has 5 nitrogen and oxygen atoms in total. The number of likely N-dealkylation sites (tertiary alicyclic amines) is 1. The number of urea groups is 1. The Bertz CT molecular complexity index is 267. The minimum atomic E-state index is -0.227. The van der Waals surface area contributed by atoms with Gasteiger partial charge in [0.25, 0.3) is 0 Å². The van der Waals surface area contributed by atoms with Crippen LogP contribution in [0.15, 0.2) is 0 Å². The van der Waals surface area contributed by atoms with E-state index >= 15 is 0 Å². The summed E-state index contributed by atoms with van der Waals surface area (Å²) in [5.74, 6) is -0.178. The molecule has 2 aliphatic rings. The minimum absolute atomic E-state index is 0.178. The highest BCUT2D eigenvalue weighted by Gasteiger charge is 2.34. The van der Waals surface area contributed by atoms with Gasteiger partial charge in [-0.2, -0.15) is 0 Å². The Kier molecular flexibility index (Phi) is 2.41. The van der Waals surface area contributed by atoms with Gasteiger partial charge in [-0.25, -0.2) is 4.79 Å². The Labute approximate surface area is 83.0 Å². The first-order valence-corrected chi connectivity index (χ1v) is 4.96. The zero-order chi connectivity index (χ0) is 10.1. The zero-order valence-corrected chi connectivity index (χ0v) is 8.32. The molecule has 1 N–H and O–H groups in total. The summed E-state index contributed by atoms with van der Waals surface area (Å²) in [6.45, 7) is 2.19. The lowest BCUT2D eigenvalue weighted by molar-refractivity contribution is -0.118. The number of nitrogens with one attached hydrogen (secondary N) is 1. The Morgan fingerprint density at radius 1 is 1.43 bits per heavy atom. The van der Waals surface area contributed by atoms with Crippen molar-refractivity contribution in [1.29, 1.82) is 0 Å². The largest absolute Gasteiger partial charge is 0.324 e. The van der Waals surface area contributed by atoms with Crippen LogP contribution in [0, 0.1) is 0 Å². The lowest BCUT2D eigenvalue weighted by Crippen LogP contribution is -2.47. The summed E-state index contributed by atoms with van der Waals surface area (Å²) < 4.78 is 0. The third kappa shape index (κ3) is 1.72. The van der Waals surface area contributed by atoms with E-state index < -0.39 is 0 Å². The molecule has 2 saturated heterocycles. The van der Waals surface area contributed by atoms with Gasteiger partial charge in [-0.3, -0.25) is 10.1 Å². The van der Waals surface area contributed by atoms with E-state index in [2.05, 4.69) is 10.2 Å². The van der Waals surface area contributed by atoms with Gasteiger partial charge >= 0.3 is 6.03 Å². The van der Waals surface area contributed by atoms with Crippen LogP contribution < -0.4 is 5.32 Å². The number of hydrogen-bond donors (Lipinski definition) is 1. The number of imide groups is 1. The summed E-state index contributed by atoms with van der Waals surface area (Å²) in [4.78, 5) is 26.2. The maximum Gasteiger partial charge on any atom is 0.324 e. The van der Waals surface area contributed by atoms with Crippen LogP contribution >= 0.6 is 0 Å². The van der Waals surface area contributed by atoms with E-state index in [9.17, 15) is 9.59 Å². The second-order valence-corrected chi connectivity index (χ2v) is 4.04. The van der Waals surface area contributed by atoms with Gasteiger partial charge in [0.15, 0.2) is 0 Å². The van der Waals surface area contributed by atoms with Gasteiger partial charge in [-0.05, 0) is 26.4 Å². The summed E-state index contributed by atoms with van der Waals surface area (Å²) in [6, 6.07) is -0.0181. The molecule has 1 unspecified atom stereocenters. The van der Waals surface area contributed by atoms with Crippen LogP contribution in [0.25, 0.3) is 0 Å². The first-order valence-electron chi connectivity index (χ1n) is 4.96. The van der Waals surface area contributed by atoms with Crippen molar-refractivity contribution in [3.8, 4) is 0 Å². The standard InChI is InChI=1S/C9H15N3O2/c1-11-4-2-3-7(5-11)12-6-8(13)10-9(12)14/h7H,2-6H2,1H3,(H,10,13,14). The lowest BCUT2D eigenvalue weighted by atomic mass is 10.1. The minimum Gasteiger partial charge on any atom is -0.311 e. The summed E-state index contributed by atoms with van der Waals surface area (Å²) >= 11 is 0. The molecule has 0 aromatic heterocycles. The number of likely N-dealkylation sites (N-methyl/N-ethyl adjacent to an activating group) is 1. The quantitative estimate of drug-likeness (QED) is 0.584. The van der Waals surface area contributed by atoms with E-state index in [1.807, 2.05) is 7.05 Å². The number of hydrogen-bond acceptors (Lipinski definition) is 3. The number of nitrogens with zero attached hydrogens (tertiary/aromatic N) is 2. The van der Waals surface area contributed by atoms with Crippen molar-refractivity contribution in [3.63, 3.8) is 0 Å². The maximum absolute atomic E-state index is 11.4. The molecular weight excluding hydrogens is 182 g/mol. The van der Waals surface area contributed by atoms with Gasteiger partial charge in [0.05, 0.1) is 0 Å². The molecule has 2 fully saturated rings. The van der Waals surface area contributed by atoms with Crippen LogP contribution in [0.1, 0.15) is 12.8 Å². The average molecular weight is 197 g/mol. The summed E-state index contributed by atoms with van der Waals surface area (Å²) in [7, 11) is 2.04. The second kappa shape index (κ2) is 3.57. The van der Waals surface area contributed by atoms with E-state index in [0.29, 0.717) is 0 Å². The fraction of sp³-hybridized carbons (Fsp3) is 0.778. The topological polar surface area (TPSA) is 52.6 Å². The normalized spacial score (nSPS) is 29.5. The van der Waals surface area contributed by atoms with Gasteiger partial charge in [-0.15, -0.1) is 0 Å². The second-order valence-electron chi connectivity index (χ2n) is 4.04. The van der Waals surface area contributed by atoms with E-state index in [4.69, 9.17) is 0 Å². The first-order chi connectivity index (χ1) is 6.66. The SMILES string of the molecule is CN1CCCC(N2CC(=O)NC2=O)C1. The molecule has 1 atom stereocenters. The third-order valence-corrected chi connectivity index (χ3v) is 2.86. The van der Waals surface area contributed by atoms with Crippen molar-refractivity contribution < 1.29 is 9.59 Å². The Morgan fingerprint density at radius 2 is 2.21 bits per heavy atom. The van der Waals surface area contributed by atoms with Crippen molar-refractivity contribution in [2.24, 2.45) is 0 Å². The highest BCUT2D eigenvalue weighted by Crippen LogP contribution is 2.16. The predicted octanol–water partition coefficient (Wildman–Crippen LogP) is -0.368. The zero-order valence-electron chi connectivity index (χ0n) is 8.32. The average Bonchev–Trinajstić information content (AvgIpc) is 2.45. The summed E-state index contributed by atoms with van der Waals surface area (Å²) in [5.41, 5.74) is 0. The molecule has 0 aliphatic carbocycles. The van der Waals surface area contributed by atoms with Crippen molar-refractivity contribution in [3.05, 3.63) is 0 Å². The number of piperidine rings is 1. The molecule has 2 heterocycles. The van der Waals surface area contributed by atoms with Gasteiger partial charge in [-0.1, -0.05) is 0 Å². The molecule has 14 heavy (non-hydrogen) atoms. The highest BCUT2D eigenvalue weighted by molar-refractivity contribution is 6.02. The number of carbonyl (C=O) groups excluding carboxylic acids is 2. The molecule has 0 aromatic rings. The maximum atomic E-state index is 11.4. The Hall–Kier alpha value is -1.10. The molecule has 0 aromatic carbocycles. The van der Waals surface area contributed by atoms with Crippen molar-refractivity contribution in [2.75, 3.05) is 26.7 Å². The van der Waals surface area contributed by atoms with Crippen molar-refractivity contribution >= 4 is 11.9 Å². The van der Waals surface area contributed by atoms with Crippen molar-refractivity contribution in [1.82, 2.24) is 15.1 Å². The van der Waals surface area contributed by atoms with E-state index in [-0.39, 0.29) is 24.5 Å². The Balaban J connectivity index is 2.00. The van der Waals surface area contributed by atoms with Crippen molar-refractivity contribution in [2.45, 2.75) is 18.9 Å². The van der Waals surface area contributed by atoms with Crippen LogP contribution in [-0.2, 0) is 4.79 Å². The van der Waals surface area contributed by atoms with Gasteiger partial charge < -0.3 is 9.80 Å². The lowest BCUT2D eigenvalue weighted by Gasteiger charge is -2.34. The van der Waals surface area contributed by atoms with Crippen LogP contribution in [0.2, 0.25) is 0 Å². The molecule has 0 radical (unpaired) electrons. The Morgan fingerprint density at radius 3 is 2.79 bits per heavy atom. The fourth-order valence-corrected chi connectivity index (χ4v) is 2.15. The van der Waals surface area contributed by atoms with Crippen LogP contribution in [-0.4, -0.2) is 54.5 Å². The van der Waals surface area contributed by atoms with Gasteiger partial charge in [0.2, 0.25) is 5.91 Å². The molecule has 0 saturated carbocycles. The molecule has 0 spiro atoms. The molecule has 78 valence electrons. The highest BCUT2D eigenvalue weighted by atomic mass is 16.2.